The van der Waals surface area contributed by atoms with E-state index in [0.717, 1.165) is 0 Å². The van der Waals surface area contributed by atoms with Gasteiger partial charge in [0.15, 0.2) is 0 Å². The average molecular weight is 206 g/mol. The van der Waals surface area contributed by atoms with E-state index in [1.807, 2.05) is 0 Å². The Hall–Kier alpha value is -0.320. The second kappa shape index (κ2) is 3.68. The van der Waals surface area contributed by atoms with Crippen LogP contribution in [0.4, 0.5) is 0 Å². The van der Waals surface area contributed by atoms with Gasteiger partial charge >= 0.3 is 0 Å². The van der Waals surface area contributed by atoms with E-state index in [1.54, 1.807) is 0 Å². The fraction of sp³-hybridized carbons (Fsp3) is 1.00. The Morgan fingerprint density at radius 1 is 1.07 bits per heavy atom. The smallest absolute Gasteiger partial charge is 0.118 e. The zero-order valence-corrected chi connectivity index (χ0v) is 7.33. The molecule has 2 rings (SSSR count). The van der Waals surface area contributed by atoms with E-state index in [-0.39, 0.29) is 6.61 Å². The average Bonchev–Trinajstić information content (AvgIpc) is 2.64. The molecule has 0 amide bonds. The fourth-order valence-corrected chi connectivity index (χ4v) is 1.83. The molecule has 0 aromatic rings. The highest BCUT2D eigenvalue weighted by Gasteiger charge is 2.49. The van der Waals surface area contributed by atoms with Gasteiger partial charge in [0.05, 0.1) is 12.6 Å². The number of aliphatic hydroxyl groups excluding tert-OH is 4. The molecule has 0 radical (unpaired) electrons. The third kappa shape index (κ3) is 1.33. The lowest BCUT2D eigenvalue weighted by Gasteiger charge is -2.43. The second-order valence-electron chi connectivity index (χ2n) is 3.45. The number of rotatable bonds is 1. The van der Waals surface area contributed by atoms with Crippen LogP contribution in [0.3, 0.4) is 0 Å². The van der Waals surface area contributed by atoms with Crippen LogP contribution < -0.4 is 16.5 Å². The monoisotopic (exact) mass is 206 g/mol. The normalized spacial score (nSPS) is 49.3. The lowest BCUT2D eigenvalue weighted by Crippen LogP contribution is -2.69. The number of hydrogen-bond acceptors (Lipinski definition) is 8. The molecule has 2 aliphatic rings. The second-order valence-corrected chi connectivity index (χ2v) is 3.45. The van der Waals surface area contributed by atoms with Crippen molar-refractivity contribution in [3.05, 3.63) is 0 Å². The molecule has 2 aliphatic heterocycles. The summed E-state index contributed by atoms with van der Waals surface area (Å²) in [5, 5.41) is 39.0. The summed E-state index contributed by atoms with van der Waals surface area (Å²) in [6, 6.07) is -0.666. The highest BCUT2D eigenvalue weighted by molar-refractivity contribution is 4.98. The molecule has 82 valence electrons. The summed E-state index contributed by atoms with van der Waals surface area (Å²) in [5.74, 6) is 0. The van der Waals surface area contributed by atoms with E-state index >= 15 is 0 Å². The molecular weight excluding hydrogens is 192 g/mol. The third-order valence-corrected chi connectivity index (χ3v) is 2.67. The highest BCUT2D eigenvalue weighted by Crippen LogP contribution is 2.22. The highest BCUT2D eigenvalue weighted by atomic mass is 16.4. The number of hydrazine groups is 3. The zero-order chi connectivity index (χ0) is 10.3. The number of nitrogens with one attached hydrogen (secondary N) is 3. The molecule has 8 nitrogen and oxygen atoms in total. The molecule has 2 saturated heterocycles. The summed E-state index contributed by atoms with van der Waals surface area (Å²) in [4.78, 5) is 0. The molecule has 0 aromatic carbocycles. The summed E-state index contributed by atoms with van der Waals surface area (Å²) in [5.41, 5.74) is 7.81. The van der Waals surface area contributed by atoms with E-state index in [9.17, 15) is 15.3 Å². The van der Waals surface area contributed by atoms with Crippen molar-refractivity contribution >= 4 is 0 Å². The Labute approximate surface area is 80.0 Å². The summed E-state index contributed by atoms with van der Waals surface area (Å²) in [6.45, 7) is -0.322. The maximum absolute atomic E-state index is 9.56. The van der Waals surface area contributed by atoms with Crippen LogP contribution in [0.1, 0.15) is 0 Å². The van der Waals surface area contributed by atoms with Gasteiger partial charge in [-0.05, 0) is 0 Å². The SMILES string of the molecule is OC[C@@H]1[C@@H](O)[C@H](O)[C@@H](O)[C@@H]2NNNN12. The molecule has 0 bridgehead atoms. The maximum atomic E-state index is 9.56. The Balaban J connectivity index is 2.19. The molecule has 0 saturated carbocycles. The Morgan fingerprint density at radius 3 is 2.43 bits per heavy atom. The van der Waals surface area contributed by atoms with Gasteiger partial charge in [-0.25, -0.2) is 10.4 Å². The largest absolute Gasteiger partial charge is 0.395 e. The topological polar surface area (TPSA) is 120 Å². The molecule has 2 heterocycles. The van der Waals surface area contributed by atoms with Gasteiger partial charge in [-0.1, -0.05) is 0 Å². The van der Waals surface area contributed by atoms with Gasteiger partial charge in [-0.3, -0.25) is 0 Å². The van der Waals surface area contributed by atoms with Crippen LogP contribution in [-0.4, -0.2) is 62.6 Å². The minimum Gasteiger partial charge on any atom is -0.395 e. The van der Waals surface area contributed by atoms with Crippen LogP contribution in [0.25, 0.3) is 0 Å². The molecule has 8 heteroatoms. The van der Waals surface area contributed by atoms with Crippen molar-refractivity contribution in [2.24, 2.45) is 0 Å². The zero-order valence-electron chi connectivity index (χ0n) is 7.33. The third-order valence-electron chi connectivity index (χ3n) is 2.67. The van der Waals surface area contributed by atoms with Gasteiger partial charge in [-0.15, -0.1) is 0 Å². The van der Waals surface area contributed by atoms with E-state index < -0.39 is 30.5 Å². The van der Waals surface area contributed by atoms with Crippen LogP contribution in [0, 0.1) is 0 Å². The van der Waals surface area contributed by atoms with Crippen LogP contribution in [-0.2, 0) is 0 Å². The van der Waals surface area contributed by atoms with Crippen LogP contribution in [0.5, 0.6) is 0 Å². The first-order valence-electron chi connectivity index (χ1n) is 4.36. The Bertz CT molecular complexity index is 218. The van der Waals surface area contributed by atoms with Crippen molar-refractivity contribution in [1.29, 1.82) is 0 Å². The predicted molar refractivity (Wildman–Crippen MR) is 43.9 cm³/mol. The van der Waals surface area contributed by atoms with Gasteiger partial charge in [0.1, 0.15) is 24.5 Å². The standard InChI is InChI=1S/C6H14N4O4/c11-1-2-3(12)4(13)5(14)6-7-8-9-10(2)6/h2-9,11-14H,1H2/t2-,3-,4+,5-,6-/m1/s1. The van der Waals surface area contributed by atoms with Crippen molar-refractivity contribution in [1.82, 2.24) is 21.5 Å². The first-order valence-corrected chi connectivity index (χ1v) is 4.36. The van der Waals surface area contributed by atoms with Crippen molar-refractivity contribution in [3.63, 3.8) is 0 Å². The van der Waals surface area contributed by atoms with Crippen LogP contribution >= 0.6 is 0 Å². The first kappa shape index (κ1) is 10.2. The molecule has 2 fully saturated rings. The summed E-state index contributed by atoms with van der Waals surface area (Å²) in [6.07, 6.45) is -4.18. The van der Waals surface area contributed by atoms with Gasteiger partial charge in [-0.2, -0.15) is 11.1 Å². The quantitative estimate of drug-likeness (QED) is 0.230. The lowest BCUT2D eigenvalue weighted by molar-refractivity contribution is -0.174. The van der Waals surface area contributed by atoms with Gasteiger partial charge in [0, 0.05) is 0 Å². The first-order chi connectivity index (χ1) is 6.66. The fourth-order valence-electron chi connectivity index (χ4n) is 1.83. The van der Waals surface area contributed by atoms with Crippen LogP contribution in [0.2, 0.25) is 0 Å². The predicted octanol–water partition coefficient (Wildman–Crippen LogP) is -4.40. The van der Waals surface area contributed by atoms with Crippen LogP contribution in [0.15, 0.2) is 0 Å². The van der Waals surface area contributed by atoms with Crippen molar-refractivity contribution in [2.75, 3.05) is 6.61 Å². The number of aliphatic hydroxyl groups is 4. The van der Waals surface area contributed by atoms with E-state index in [2.05, 4.69) is 16.5 Å². The molecule has 0 aromatic heterocycles. The number of hydrogen-bond donors (Lipinski definition) is 7. The van der Waals surface area contributed by atoms with Gasteiger partial charge in [0.2, 0.25) is 0 Å². The minimum atomic E-state index is -1.28. The minimum absolute atomic E-state index is 0.322. The molecule has 0 spiro atoms. The summed E-state index contributed by atoms with van der Waals surface area (Å²) >= 11 is 0. The van der Waals surface area contributed by atoms with Crippen molar-refractivity contribution in [2.45, 2.75) is 30.5 Å². The van der Waals surface area contributed by atoms with E-state index in [0.29, 0.717) is 0 Å². The molecule has 0 unspecified atom stereocenters. The number of piperidine rings is 1. The number of nitrogens with zero attached hydrogens (tertiary/aromatic N) is 1. The molecule has 5 atom stereocenters. The van der Waals surface area contributed by atoms with E-state index in [1.165, 1.54) is 5.01 Å². The van der Waals surface area contributed by atoms with E-state index in [4.69, 9.17) is 5.11 Å². The summed E-state index contributed by atoms with van der Waals surface area (Å²) < 4.78 is 0. The molecule has 0 aliphatic carbocycles. The number of fused-ring (bicyclic) bond motifs is 1. The lowest BCUT2D eigenvalue weighted by atomic mass is 9.93. The van der Waals surface area contributed by atoms with Gasteiger partial charge < -0.3 is 20.4 Å². The Morgan fingerprint density at radius 2 is 1.79 bits per heavy atom. The molecule has 14 heavy (non-hydrogen) atoms. The van der Waals surface area contributed by atoms with Crippen molar-refractivity contribution < 1.29 is 20.4 Å². The Kier molecular flexibility index (Phi) is 2.68. The molecule has 7 N–H and O–H groups in total. The molecular formula is C6H14N4O4. The summed E-state index contributed by atoms with van der Waals surface area (Å²) in [7, 11) is 0. The maximum Gasteiger partial charge on any atom is 0.118 e. The van der Waals surface area contributed by atoms with Crippen molar-refractivity contribution in [3.8, 4) is 0 Å². The van der Waals surface area contributed by atoms with Gasteiger partial charge in [0.25, 0.3) is 0 Å².